The first kappa shape index (κ1) is 21.0. The summed E-state index contributed by atoms with van der Waals surface area (Å²) in [6, 6.07) is 21.7. The van der Waals surface area contributed by atoms with Gasteiger partial charge in [0, 0.05) is 12.6 Å². The number of benzene rings is 2. The average molecular weight is 361 g/mol. The van der Waals surface area contributed by atoms with Crippen LogP contribution in [-0.4, -0.2) is 43.5 Å². The number of allylic oxidation sites excluding steroid dienone is 1. The quantitative estimate of drug-likeness (QED) is 0.697. The summed E-state index contributed by atoms with van der Waals surface area (Å²) in [5, 5.41) is 0. The lowest BCUT2D eigenvalue weighted by molar-refractivity contribution is 0.318. The summed E-state index contributed by atoms with van der Waals surface area (Å²) in [5.74, 6) is 2.61. The summed E-state index contributed by atoms with van der Waals surface area (Å²) in [7, 11) is 6.34. The van der Waals surface area contributed by atoms with Crippen molar-refractivity contribution >= 4 is 5.57 Å². The maximum atomic E-state index is 5.19. The molecule has 1 unspecified atom stereocenters. The summed E-state index contributed by atoms with van der Waals surface area (Å²) in [4.78, 5) is 4.41. The van der Waals surface area contributed by atoms with Crippen molar-refractivity contribution in [2.24, 2.45) is 0 Å². The zero-order valence-electron chi connectivity index (χ0n) is 16.9. The van der Waals surface area contributed by atoms with E-state index in [0.717, 1.165) is 6.54 Å². The minimum Gasteiger partial charge on any atom is -0.303 e. The Bertz CT molecular complexity index is 726. The Balaban J connectivity index is 0.000000199. The molecule has 0 amide bonds. The highest BCUT2D eigenvalue weighted by atomic mass is 15.1. The predicted molar refractivity (Wildman–Crippen MR) is 117 cm³/mol. The molecule has 2 aromatic carbocycles. The van der Waals surface area contributed by atoms with Gasteiger partial charge in [0.05, 0.1) is 6.54 Å². The van der Waals surface area contributed by atoms with Crippen LogP contribution in [0.5, 0.6) is 0 Å². The Hall–Kier alpha value is -2.34. The zero-order chi connectivity index (χ0) is 19.5. The Labute approximate surface area is 165 Å². The topological polar surface area (TPSA) is 6.48 Å². The molecule has 2 heteroatoms. The van der Waals surface area contributed by atoms with E-state index >= 15 is 0 Å². The first-order valence-corrected chi connectivity index (χ1v) is 9.68. The standard InChI is InChI=1S/C14H19N.C11H13N/c1-15(2)14-10-6-9-13(11-14)12-7-4-3-5-8-12;1-3-9-12(2)10-11-7-5-4-6-8-11/h3-5,7-8,11,14H,6,9-10H2,1-2H3;1,4-8H,9-10H2,2H3. The SMILES string of the molecule is C#CCN(C)Cc1ccccc1.CN(C)C1C=C(c2ccccc2)CCC1. The van der Waals surface area contributed by atoms with Gasteiger partial charge < -0.3 is 4.90 Å². The summed E-state index contributed by atoms with van der Waals surface area (Å²) in [5.41, 5.74) is 4.21. The van der Waals surface area contributed by atoms with E-state index in [1.807, 2.05) is 25.2 Å². The Morgan fingerprint density at radius 3 is 2.19 bits per heavy atom. The average Bonchev–Trinajstić information content (AvgIpc) is 2.70. The van der Waals surface area contributed by atoms with Gasteiger partial charge in [-0.25, -0.2) is 0 Å². The number of terminal acetylenes is 1. The molecule has 0 aromatic heterocycles. The van der Waals surface area contributed by atoms with Crippen LogP contribution in [0.25, 0.3) is 5.57 Å². The summed E-state index contributed by atoms with van der Waals surface area (Å²) in [6.07, 6.45) is 11.5. The number of likely N-dealkylation sites (N-methyl/N-ethyl adjacent to an activating group) is 1. The van der Waals surface area contributed by atoms with E-state index in [0.29, 0.717) is 12.6 Å². The molecule has 3 rings (SSSR count). The van der Waals surface area contributed by atoms with Crippen molar-refractivity contribution < 1.29 is 0 Å². The van der Waals surface area contributed by atoms with Gasteiger partial charge in [0.1, 0.15) is 0 Å². The molecule has 0 N–H and O–H groups in total. The first-order chi connectivity index (χ1) is 13.1. The fraction of sp³-hybridized carbons (Fsp3) is 0.360. The van der Waals surface area contributed by atoms with Crippen molar-refractivity contribution in [2.75, 3.05) is 27.7 Å². The second-order valence-corrected chi connectivity index (χ2v) is 7.34. The number of hydrogen-bond acceptors (Lipinski definition) is 2. The van der Waals surface area contributed by atoms with Crippen LogP contribution in [0.1, 0.15) is 30.4 Å². The van der Waals surface area contributed by atoms with Crippen LogP contribution in [0.2, 0.25) is 0 Å². The van der Waals surface area contributed by atoms with Gasteiger partial charge >= 0.3 is 0 Å². The molecular weight excluding hydrogens is 328 g/mol. The molecule has 0 fully saturated rings. The van der Waals surface area contributed by atoms with Crippen LogP contribution in [0.3, 0.4) is 0 Å². The monoisotopic (exact) mass is 360 g/mol. The molecule has 2 aromatic rings. The lowest BCUT2D eigenvalue weighted by Crippen LogP contribution is -2.27. The van der Waals surface area contributed by atoms with Crippen molar-refractivity contribution in [3.63, 3.8) is 0 Å². The molecule has 0 radical (unpaired) electrons. The lowest BCUT2D eigenvalue weighted by atomic mass is 9.90. The van der Waals surface area contributed by atoms with Gasteiger partial charge in [-0.15, -0.1) is 6.42 Å². The number of nitrogens with zero attached hydrogens (tertiary/aromatic N) is 2. The van der Waals surface area contributed by atoms with Gasteiger partial charge in [0.2, 0.25) is 0 Å². The third-order valence-electron chi connectivity index (χ3n) is 4.80. The Morgan fingerprint density at radius 1 is 0.963 bits per heavy atom. The fourth-order valence-electron chi connectivity index (χ4n) is 3.31. The molecule has 0 heterocycles. The maximum Gasteiger partial charge on any atom is 0.0599 e. The summed E-state index contributed by atoms with van der Waals surface area (Å²) in [6.45, 7) is 1.62. The van der Waals surface area contributed by atoms with E-state index in [9.17, 15) is 0 Å². The van der Waals surface area contributed by atoms with Crippen LogP contribution >= 0.6 is 0 Å². The fourth-order valence-corrected chi connectivity index (χ4v) is 3.31. The molecule has 27 heavy (non-hydrogen) atoms. The van der Waals surface area contributed by atoms with Crippen molar-refractivity contribution in [1.82, 2.24) is 9.80 Å². The van der Waals surface area contributed by atoms with Gasteiger partial charge in [-0.05, 0) is 57.1 Å². The van der Waals surface area contributed by atoms with E-state index in [-0.39, 0.29) is 0 Å². The third-order valence-corrected chi connectivity index (χ3v) is 4.80. The van der Waals surface area contributed by atoms with E-state index in [1.54, 1.807) is 0 Å². The summed E-state index contributed by atoms with van der Waals surface area (Å²) < 4.78 is 0. The van der Waals surface area contributed by atoms with Crippen LogP contribution in [0.15, 0.2) is 66.7 Å². The van der Waals surface area contributed by atoms with Gasteiger partial charge in [-0.1, -0.05) is 72.7 Å². The van der Waals surface area contributed by atoms with Crippen molar-refractivity contribution in [1.29, 1.82) is 0 Å². The van der Waals surface area contributed by atoms with E-state index < -0.39 is 0 Å². The van der Waals surface area contributed by atoms with Crippen LogP contribution < -0.4 is 0 Å². The van der Waals surface area contributed by atoms with Gasteiger partial charge in [-0.2, -0.15) is 0 Å². The molecule has 0 aliphatic heterocycles. The molecule has 1 atom stereocenters. The second kappa shape index (κ2) is 11.4. The van der Waals surface area contributed by atoms with Crippen molar-refractivity contribution in [3.05, 3.63) is 77.9 Å². The number of hydrogen-bond donors (Lipinski definition) is 0. The van der Waals surface area contributed by atoms with Crippen molar-refractivity contribution in [3.8, 4) is 12.3 Å². The molecule has 1 aliphatic rings. The van der Waals surface area contributed by atoms with Gasteiger partial charge in [0.25, 0.3) is 0 Å². The smallest absolute Gasteiger partial charge is 0.0599 e. The molecule has 0 spiro atoms. The van der Waals surface area contributed by atoms with Gasteiger partial charge in [-0.3, -0.25) is 4.90 Å². The molecule has 0 saturated heterocycles. The minimum absolute atomic E-state index is 0.619. The highest BCUT2D eigenvalue weighted by molar-refractivity contribution is 5.66. The molecule has 0 saturated carbocycles. The van der Waals surface area contributed by atoms with E-state index in [4.69, 9.17) is 6.42 Å². The Morgan fingerprint density at radius 2 is 1.59 bits per heavy atom. The molecular formula is C25H32N2. The molecule has 0 bridgehead atoms. The predicted octanol–water partition coefficient (Wildman–Crippen LogP) is 4.94. The minimum atomic E-state index is 0.619. The summed E-state index contributed by atoms with van der Waals surface area (Å²) >= 11 is 0. The normalized spacial score (nSPS) is 16.3. The molecule has 1 aliphatic carbocycles. The van der Waals surface area contributed by atoms with Gasteiger partial charge in [0.15, 0.2) is 0 Å². The Kier molecular flexibility index (Phi) is 8.84. The lowest BCUT2D eigenvalue weighted by Gasteiger charge is -2.26. The highest BCUT2D eigenvalue weighted by Gasteiger charge is 2.15. The van der Waals surface area contributed by atoms with E-state index in [1.165, 1.54) is 36.0 Å². The second-order valence-electron chi connectivity index (χ2n) is 7.34. The van der Waals surface area contributed by atoms with Crippen LogP contribution in [-0.2, 0) is 6.54 Å². The maximum absolute atomic E-state index is 5.19. The van der Waals surface area contributed by atoms with Crippen LogP contribution in [0.4, 0.5) is 0 Å². The zero-order valence-corrected chi connectivity index (χ0v) is 16.9. The largest absolute Gasteiger partial charge is 0.303 e. The molecule has 2 nitrogen and oxygen atoms in total. The van der Waals surface area contributed by atoms with Crippen molar-refractivity contribution in [2.45, 2.75) is 31.8 Å². The first-order valence-electron chi connectivity index (χ1n) is 9.68. The molecule has 142 valence electrons. The third kappa shape index (κ3) is 7.43. The number of rotatable bonds is 5. The van der Waals surface area contributed by atoms with E-state index in [2.05, 4.69) is 78.4 Å². The highest BCUT2D eigenvalue weighted by Crippen LogP contribution is 2.28. The van der Waals surface area contributed by atoms with Crippen LogP contribution in [0, 0.1) is 12.3 Å².